The minimum Gasteiger partial charge on any atom is -0.467 e. The lowest BCUT2D eigenvalue weighted by Gasteiger charge is -2.18. The molecule has 1 rings (SSSR count). The summed E-state index contributed by atoms with van der Waals surface area (Å²) in [5, 5.41) is 10.9. The maximum Gasteiger partial charge on any atom is 0.329 e. The quantitative estimate of drug-likeness (QED) is 0.322. The van der Waals surface area contributed by atoms with Gasteiger partial charge in [-0.2, -0.15) is 0 Å². The van der Waals surface area contributed by atoms with Crippen molar-refractivity contribution < 1.29 is 28.7 Å². The highest BCUT2D eigenvalue weighted by Crippen LogP contribution is 2.23. The number of carbonyl (C=O) groups excluding carboxylic acids is 4. The van der Waals surface area contributed by atoms with E-state index < -0.39 is 36.1 Å². The average molecular weight is 521 g/mol. The van der Waals surface area contributed by atoms with Crippen molar-refractivity contribution in [2.45, 2.75) is 76.3 Å². The molecule has 0 aromatic rings. The third-order valence-electron chi connectivity index (χ3n) is 5.31. The maximum atomic E-state index is 12.2. The predicted octanol–water partition coefficient (Wildman–Crippen LogP) is 2.96. The Hall–Kier alpha value is -1.82. The molecule has 4 amide bonds. The molecule has 0 aliphatic carbocycles. The fourth-order valence-corrected chi connectivity index (χ4v) is 5.64. The van der Waals surface area contributed by atoms with Crippen LogP contribution in [0.15, 0.2) is 0 Å². The summed E-state index contributed by atoms with van der Waals surface area (Å²) in [4.78, 5) is 48.5. The molecule has 12 heteroatoms. The first kappa shape index (κ1) is 30.2. The van der Waals surface area contributed by atoms with Crippen molar-refractivity contribution in [3.05, 3.63) is 0 Å². The molecule has 4 N–H and O–H groups in total. The van der Waals surface area contributed by atoms with E-state index in [2.05, 4.69) is 21.3 Å². The zero-order valence-electron chi connectivity index (χ0n) is 20.3. The molecule has 34 heavy (non-hydrogen) atoms. The van der Waals surface area contributed by atoms with Gasteiger partial charge in [-0.3, -0.25) is 0 Å². The van der Waals surface area contributed by atoms with Crippen LogP contribution < -0.4 is 21.3 Å². The fourth-order valence-electron chi connectivity index (χ4n) is 3.34. The summed E-state index contributed by atoms with van der Waals surface area (Å²) in [6, 6.07) is -2.50. The molecule has 0 radical (unpaired) electrons. The topological polar surface area (TPSA) is 135 Å². The molecule has 1 aliphatic heterocycles. The third-order valence-corrected chi connectivity index (χ3v) is 7.73. The van der Waals surface area contributed by atoms with Crippen molar-refractivity contribution in [2.24, 2.45) is 0 Å². The number of esters is 2. The zero-order valence-corrected chi connectivity index (χ0v) is 22.0. The zero-order chi connectivity index (χ0) is 25.0. The molecular weight excluding hydrogens is 480 g/mol. The Morgan fingerprint density at radius 1 is 0.647 bits per heavy atom. The second kappa shape index (κ2) is 19.5. The molecule has 0 saturated carbocycles. The fraction of sp³-hybridized carbons (Fsp3) is 0.818. The van der Waals surface area contributed by atoms with Gasteiger partial charge < -0.3 is 30.7 Å². The Balaban J connectivity index is 2.64. The van der Waals surface area contributed by atoms with E-state index in [1.165, 1.54) is 61.5 Å². The summed E-state index contributed by atoms with van der Waals surface area (Å²) >= 11 is 0. The average Bonchev–Trinajstić information content (AvgIpc) is 2.83. The Kier molecular flexibility index (Phi) is 17.3. The van der Waals surface area contributed by atoms with E-state index in [0.29, 0.717) is 13.1 Å². The van der Waals surface area contributed by atoms with Crippen LogP contribution in [0.4, 0.5) is 9.59 Å². The van der Waals surface area contributed by atoms with Crippen molar-refractivity contribution in [2.75, 3.05) is 38.8 Å². The van der Waals surface area contributed by atoms with E-state index in [1.54, 1.807) is 0 Å². The second-order valence-corrected chi connectivity index (χ2v) is 10.6. The smallest absolute Gasteiger partial charge is 0.329 e. The highest BCUT2D eigenvalue weighted by atomic mass is 33.1. The normalized spacial score (nSPS) is 23.6. The van der Waals surface area contributed by atoms with Gasteiger partial charge in [0, 0.05) is 24.6 Å². The van der Waals surface area contributed by atoms with Gasteiger partial charge in [0.05, 0.1) is 14.2 Å². The van der Waals surface area contributed by atoms with E-state index in [0.717, 1.165) is 38.5 Å². The Morgan fingerprint density at radius 3 is 1.29 bits per heavy atom. The summed E-state index contributed by atoms with van der Waals surface area (Å²) in [6.45, 7) is 1.10. The maximum absolute atomic E-state index is 12.2. The molecule has 0 aromatic carbocycles. The van der Waals surface area contributed by atoms with Gasteiger partial charge in [0.1, 0.15) is 12.1 Å². The number of hydrogen-bond acceptors (Lipinski definition) is 8. The lowest BCUT2D eigenvalue weighted by Crippen LogP contribution is -2.48. The molecule has 1 aliphatic rings. The van der Waals surface area contributed by atoms with Crippen LogP contribution in [-0.4, -0.2) is 74.9 Å². The number of hydrogen-bond donors (Lipinski definition) is 4. The molecule has 0 spiro atoms. The molecule has 1 heterocycles. The number of urea groups is 2. The summed E-state index contributed by atoms with van der Waals surface area (Å²) in [5.74, 6) is -0.617. The first-order valence-electron chi connectivity index (χ1n) is 12.0. The van der Waals surface area contributed by atoms with Crippen LogP contribution in [0, 0.1) is 0 Å². The summed E-state index contributed by atoms with van der Waals surface area (Å²) in [6.07, 6.45) is 11.0. The highest BCUT2D eigenvalue weighted by Gasteiger charge is 2.24. The van der Waals surface area contributed by atoms with Crippen LogP contribution in [0.3, 0.4) is 0 Å². The minimum absolute atomic E-state index is 0.241. The number of rotatable bonds is 2. The van der Waals surface area contributed by atoms with E-state index in [1.807, 2.05) is 0 Å². The number of nitrogens with one attached hydrogen (secondary N) is 4. The monoisotopic (exact) mass is 520 g/mol. The first-order chi connectivity index (χ1) is 16.5. The Labute approximate surface area is 210 Å². The van der Waals surface area contributed by atoms with Crippen molar-refractivity contribution >= 4 is 45.6 Å². The minimum atomic E-state index is -0.833. The Bertz CT molecular complexity index is 574. The molecule has 10 nitrogen and oxygen atoms in total. The summed E-state index contributed by atoms with van der Waals surface area (Å²) < 4.78 is 9.58. The van der Waals surface area contributed by atoms with Crippen LogP contribution in [0.25, 0.3) is 0 Å². The van der Waals surface area contributed by atoms with Gasteiger partial charge in [-0.25, -0.2) is 19.2 Å². The molecule has 0 bridgehead atoms. The van der Waals surface area contributed by atoms with Crippen LogP contribution in [0.5, 0.6) is 0 Å². The van der Waals surface area contributed by atoms with Gasteiger partial charge >= 0.3 is 24.0 Å². The molecule has 1 fully saturated rings. The summed E-state index contributed by atoms with van der Waals surface area (Å²) in [7, 11) is 5.12. The van der Waals surface area contributed by atoms with Gasteiger partial charge in [0.2, 0.25) is 0 Å². The Morgan fingerprint density at radius 2 is 0.971 bits per heavy atom. The van der Waals surface area contributed by atoms with Crippen molar-refractivity contribution in [1.82, 2.24) is 21.3 Å². The highest BCUT2D eigenvalue weighted by molar-refractivity contribution is 8.76. The number of amides is 4. The lowest BCUT2D eigenvalue weighted by molar-refractivity contribution is -0.143. The van der Waals surface area contributed by atoms with Gasteiger partial charge in [-0.05, 0) is 12.8 Å². The standard InChI is InChI=1S/C22H40N4O6S2/c1-31-19(27)17-15-33-34-16-18(20(28)32-2)26-22(30)24-14-12-10-8-6-4-3-5-7-9-11-13-23-21(29)25-17/h17-18H,3-16H2,1-2H3,(H2,23,25,29)(H2,24,26,30)/t17-,18?/m0/s1. The molecular formula is C22H40N4O6S2. The van der Waals surface area contributed by atoms with Crippen LogP contribution in [0.1, 0.15) is 64.2 Å². The third kappa shape index (κ3) is 14.4. The van der Waals surface area contributed by atoms with E-state index >= 15 is 0 Å². The second-order valence-electron chi connectivity index (χ2n) is 8.06. The van der Waals surface area contributed by atoms with E-state index in [-0.39, 0.29) is 11.5 Å². The van der Waals surface area contributed by atoms with Crippen molar-refractivity contribution in [3.63, 3.8) is 0 Å². The summed E-state index contributed by atoms with van der Waals surface area (Å²) in [5.41, 5.74) is 0. The van der Waals surface area contributed by atoms with E-state index in [9.17, 15) is 19.2 Å². The predicted molar refractivity (Wildman–Crippen MR) is 136 cm³/mol. The van der Waals surface area contributed by atoms with Gasteiger partial charge in [0.25, 0.3) is 0 Å². The number of ether oxygens (including phenoxy) is 2. The lowest BCUT2D eigenvalue weighted by atomic mass is 10.1. The van der Waals surface area contributed by atoms with Gasteiger partial charge in [0.15, 0.2) is 0 Å². The van der Waals surface area contributed by atoms with Crippen LogP contribution in [-0.2, 0) is 19.1 Å². The van der Waals surface area contributed by atoms with Crippen LogP contribution >= 0.6 is 21.6 Å². The number of carbonyl (C=O) groups is 4. The molecule has 1 saturated heterocycles. The molecule has 0 aromatic heterocycles. The molecule has 2 atom stereocenters. The van der Waals surface area contributed by atoms with Crippen molar-refractivity contribution in [3.8, 4) is 0 Å². The van der Waals surface area contributed by atoms with Gasteiger partial charge in [-0.1, -0.05) is 73.0 Å². The molecule has 196 valence electrons. The SMILES string of the molecule is COC(=O)C1CSSC[C@@H](C(=O)OC)NC(=O)NCCCCCCCCCCCCNC(=O)N1. The van der Waals surface area contributed by atoms with Crippen molar-refractivity contribution in [1.29, 1.82) is 0 Å². The first-order valence-corrected chi connectivity index (χ1v) is 14.5. The van der Waals surface area contributed by atoms with Crippen LogP contribution in [0.2, 0.25) is 0 Å². The number of methoxy groups -OCH3 is 2. The molecule has 1 unspecified atom stereocenters. The van der Waals surface area contributed by atoms with Gasteiger partial charge in [-0.15, -0.1) is 0 Å². The van der Waals surface area contributed by atoms with E-state index in [4.69, 9.17) is 9.47 Å². The largest absolute Gasteiger partial charge is 0.467 e.